The van der Waals surface area contributed by atoms with E-state index in [1.54, 1.807) is 12.1 Å². The fourth-order valence-electron chi connectivity index (χ4n) is 1.94. The Morgan fingerprint density at radius 1 is 1.53 bits per heavy atom. The van der Waals surface area contributed by atoms with Gasteiger partial charge in [0.05, 0.1) is 0 Å². The average Bonchev–Trinajstić information content (AvgIpc) is 2.46. The SMILES string of the molecule is NC(=S)c1ccc(C(=O)NCC2CCCCS2)nc1. The molecule has 1 aromatic heterocycles. The Kier molecular flexibility index (Phi) is 5.15. The molecule has 3 N–H and O–H groups in total. The van der Waals surface area contributed by atoms with Crippen molar-refractivity contribution in [3.05, 3.63) is 29.6 Å². The quantitative estimate of drug-likeness (QED) is 0.828. The molecule has 1 atom stereocenters. The van der Waals surface area contributed by atoms with E-state index in [1.807, 2.05) is 11.8 Å². The van der Waals surface area contributed by atoms with E-state index < -0.39 is 0 Å². The second-order valence-electron chi connectivity index (χ2n) is 4.49. The molecular formula is C13H17N3OS2. The minimum Gasteiger partial charge on any atom is -0.389 e. The summed E-state index contributed by atoms with van der Waals surface area (Å²) in [4.78, 5) is 16.3. The van der Waals surface area contributed by atoms with Crippen LogP contribution in [0.3, 0.4) is 0 Å². The van der Waals surface area contributed by atoms with Gasteiger partial charge in [0, 0.05) is 23.6 Å². The van der Waals surface area contributed by atoms with E-state index in [2.05, 4.69) is 10.3 Å². The first-order valence-electron chi connectivity index (χ1n) is 6.32. The Hall–Kier alpha value is -1.14. The number of amides is 1. The molecule has 1 saturated heterocycles. The highest BCUT2D eigenvalue weighted by Crippen LogP contribution is 2.24. The van der Waals surface area contributed by atoms with Gasteiger partial charge in [0.15, 0.2) is 0 Å². The van der Waals surface area contributed by atoms with Crippen molar-refractivity contribution >= 4 is 34.9 Å². The number of carbonyl (C=O) groups is 1. The molecule has 0 aromatic carbocycles. The lowest BCUT2D eigenvalue weighted by Gasteiger charge is -2.21. The molecule has 1 aliphatic rings. The third-order valence-electron chi connectivity index (χ3n) is 3.04. The molecule has 0 aliphatic carbocycles. The molecular weight excluding hydrogens is 278 g/mol. The van der Waals surface area contributed by atoms with Crippen LogP contribution >= 0.6 is 24.0 Å². The number of nitrogens with zero attached hydrogens (tertiary/aromatic N) is 1. The molecule has 0 radical (unpaired) electrons. The number of aromatic nitrogens is 1. The predicted molar refractivity (Wildman–Crippen MR) is 82.6 cm³/mol. The average molecular weight is 295 g/mol. The van der Waals surface area contributed by atoms with E-state index in [0.29, 0.717) is 23.1 Å². The monoisotopic (exact) mass is 295 g/mol. The smallest absolute Gasteiger partial charge is 0.269 e. The molecule has 1 aromatic rings. The summed E-state index contributed by atoms with van der Waals surface area (Å²) in [6, 6.07) is 3.37. The van der Waals surface area contributed by atoms with Crippen LogP contribution in [-0.4, -0.2) is 33.4 Å². The standard InChI is InChI=1S/C13H17N3OS2/c14-12(18)9-4-5-11(15-7-9)13(17)16-8-10-3-1-2-6-19-10/h4-5,7,10H,1-3,6,8H2,(H2,14,18)(H,16,17). The summed E-state index contributed by atoms with van der Waals surface area (Å²) in [5.74, 6) is 1.06. The van der Waals surface area contributed by atoms with E-state index in [1.165, 1.54) is 31.2 Å². The maximum Gasteiger partial charge on any atom is 0.269 e. The van der Waals surface area contributed by atoms with E-state index >= 15 is 0 Å². The highest BCUT2D eigenvalue weighted by Gasteiger charge is 2.15. The normalized spacial score (nSPS) is 18.8. The van der Waals surface area contributed by atoms with Gasteiger partial charge in [-0.15, -0.1) is 0 Å². The summed E-state index contributed by atoms with van der Waals surface area (Å²) >= 11 is 6.78. The lowest BCUT2D eigenvalue weighted by molar-refractivity contribution is 0.0948. The number of thiocarbonyl (C=S) groups is 1. The largest absolute Gasteiger partial charge is 0.389 e. The number of nitrogens with two attached hydrogens (primary N) is 1. The van der Waals surface area contributed by atoms with Crippen LogP contribution in [-0.2, 0) is 0 Å². The van der Waals surface area contributed by atoms with Gasteiger partial charge in [-0.3, -0.25) is 9.78 Å². The molecule has 0 bridgehead atoms. The van der Waals surface area contributed by atoms with E-state index in [4.69, 9.17) is 18.0 Å². The summed E-state index contributed by atoms with van der Waals surface area (Å²) in [7, 11) is 0. The van der Waals surface area contributed by atoms with Crippen molar-refractivity contribution in [2.45, 2.75) is 24.5 Å². The highest BCUT2D eigenvalue weighted by atomic mass is 32.2. The van der Waals surface area contributed by atoms with Crippen LogP contribution < -0.4 is 11.1 Å². The van der Waals surface area contributed by atoms with Crippen molar-refractivity contribution in [3.63, 3.8) is 0 Å². The van der Waals surface area contributed by atoms with Crippen LogP contribution in [0.25, 0.3) is 0 Å². The van der Waals surface area contributed by atoms with Crippen LogP contribution in [0, 0.1) is 0 Å². The maximum atomic E-state index is 11.9. The van der Waals surface area contributed by atoms with Gasteiger partial charge in [-0.25, -0.2) is 0 Å². The van der Waals surface area contributed by atoms with Crippen LogP contribution in [0.1, 0.15) is 35.3 Å². The van der Waals surface area contributed by atoms with Gasteiger partial charge in [0.2, 0.25) is 0 Å². The molecule has 2 heterocycles. The third-order valence-corrected chi connectivity index (χ3v) is 4.68. The summed E-state index contributed by atoms with van der Waals surface area (Å²) in [6.07, 6.45) is 5.26. The Labute approximate surface area is 122 Å². The van der Waals surface area contributed by atoms with Crippen LogP contribution in [0.4, 0.5) is 0 Å². The van der Waals surface area contributed by atoms with Gasteiger partial charge in [-0.2, -0.15) is 11.8 Å². The number of hydrogen-bond donors (Lipinski definition) is 2. The van der Waals surface area contributed by atoms with Crippen LogP contribution in [0.15, 0.2) is 18.3 Å². The highest BCUT2D eigenvalue weighted by molar-refractivity contribution is 7.99. The summed E-state index contributed by atoms with van der Waals surface area (Å²) in [6.45, 7) is 0.711. The number of thioether (sulfide) groups is 1. The van der Waals surface area contributed by atoms with E-state index in [-0.39, 0.29) is 10.9 Å². The molecule has 102 valence electrons. The van der Waals surface area contributed by atoms with Crippen LogP contribution in [0.2, 0.25) is 0 Å². The minimum absolute atomic E-state index is 0.138. The zero-order chi connectivity index (χ0) is 13.7. The van der Waals surface area contributed by atoms with Gasteiger partial charge in [0.25, 0.3) is 5.91 Å². The second-order valence-corrected chi connectivity index (χ2v) is 6.34. The first kappa shape index (κ1) is 14.3. The topological polar surface area (TPSA) is 68.0 Å². The lowest BCUT2D eigenvalue weighted by atomic mass is 10.2. The molecule has 1 aliphatic heterocycles. The van der Waals surface area contributed by atoms with Crippen molar-refractivity contribution < 1.29 is 4.79 Å². The van der Waals surface area contributed by atoms with Crippen molar-refractivity contribution in [2.75, 3.05) is 12.3 Å². The molecule has 1 fully saturated rings. The number of carbonyl (C=O) groups excluding carboxylic acids is 1. The predicted octanol–water partition coefficient (Wildman–Crippen LogP) is 1.73. The molecule has 19 heavy (non-hydrogen) atoms. The Morgan fingerprint density at radius 3 is 2.95 bits per heavy atom. The zero-order valence-electron chi connectivity index (χ0n) is 10.6. The molecule has 2 rings (SSSR count). The molecule has 1 amide bonds. The third kappa shape index (κ3) is 4.18. The number of rotatable bonds is 4. The molecule has 0 spiro atoms. The Bertz CT molecular complexity index is 455. The van der Waals surface area contributed by atoms with Crippen molar-refractivity contribution in [1.82, 2.24) is 10.3 Å². The van der Waals surface area contributed by atoms with Crippen molar-refractivity contribution in [3.8, 4) is 0 Å². The molecule has 0 saturated carbocycles. The summed E-state index contributed by atoms with van der Waals surface area (Å²) < 4.78 is 0. The first-order chi connectivity index (χ1) is 9.16. The fourth-order valence-corrected chi connectivity index (χ4v) is 3.30. The maximum absolute atomic E-state index is 11.9. The second kappa shape index (κ2) is 6.86. The molecule has 4 nitrogen and oxygen atoms in total. The number of hydrogen-bond acceptors (Lipinski definition) is 4. The number of pyridine rings is 1. The molecule has 1 unspecified atom stereocenters. The van der Waals surface area contributed by atoms with Gasteiger partial charge in [0.1, 0.15) is 10.7 Å². The lowest BCUT2D eigenvalue weighted by Crippen LogP contribution is -2.32. The van der Waals surface area contributed by atoms with Gasteiger partial charge in [-0.1, -0.05) is 18.6 Å². The summed E-state index contributed by atoms with van der Waals surface area (Å²) in [5.41, 5.74) is 6.56. The van der Waals surface area contributed by atoms with Gasteiger partial charge < -0.3 is 11.1 Å². The van der Waals surface area contributed by atoms with Crippen LogP contribution in [0.5, 0.6) is 0 Å². The Balaban J connectivity index is 1.86. The first-order valence-corrected chi connectivity index (χ1v) is 7.78. The summed E-state index contributed by atoms with van der Waals surface area (Å²) in [5, 5.41) is 3.47. The number of nitrogens with one attached hydrogen (secondary N) is 1. The fraction of sp³-hybridized carbons (Fsp3) is 0.462. The minimum atomic E-state index is -0.138. The van der Waals surface area contributed by atoms with Crippen molar-refractivity contribution in [1.29, 1.82) is 0 Å². The Morgan fingerprint density at radius 2 is 2.37 bits per heavy atom. The van der Waals surface area contributed by atoms with Gasteiger partial charge >= 0.3 is 0 Å². The molecule has 6 heteroatoms. The van der Waals surface area contributed by atoms with Crippen molar-refractivity contribution in [2.24, 2.45) is 5.73 Å². The zero-order valence-corrected chi connectivity index (χ0v) is 12.2. The van der Waals surface area contributed by atoms with E-state index in [9.17, 15) is 4.79 Å². The van der Waals surface area contributed by atoms with E-state index in [0.717, 1.165) is 0 Å². The van der Waals surface area contributed by atoms with Gasteiger partial charge in [-0.05, 0) is 30.7 Å².